The van der Waals surface area contributed by atoms with E-state index in [0.717, 1.165) is 15.8 Å². The van der Waals surface area contributed by atoms with Gasteiger partial charge >= 0.3 is 0 Å². The van der Waals surface area contributed by atoms with Gasteiger partial charge in [0.2, 0.25) is 0 Å². The third-order valence-electron chi connectivity index (χ3n) is 2.83. The number of aliphatic hydroxyl groups excluding tert-OH is 1. The van der Waals surface area contributed by atoms with E-state index in [9.17, 15) is 0 Å². The molecular formula is C16H17BrO4. The maximum Gasteiger partial charge on any atom is 0.161 e. The second-order valence-electron chi connectivity index (χ2n) is 4.29. The van der Waals surface area contributed by atoms with Crippen LogP contribution in [0.2, 0.25) is 0 Å². The molecule has 0 aliphatic rings. The molecule has 2 rings (SSSR count). The van der Waals surface area contributed by atoms with Crippen molar-refractivity contribution in [3.63, 3.8) is 0 Å². The summed E-state index contributed by atoms with van der Waals surface area (Å²) < 4.78 is 17.5. The Hall–Kier alpha value is -1.72. The molecule has 0 saturated heterocycles. The van der Waals surface area contributed by atoms with Crippen LogP contribution in [0.25, 0.3) is 0 Å². The minimum absolute atomic E-state index is 0.0320. The van der Waals surface area contributed by atoms with Gasteiger partial charge in [-0.1, -0.05) is 22.0 Å². The first-order valence-electron chi connectivity index (χ1n) is 6.52. The van der Waals surface area contributed by atoms with Crippen LogP contribution in [0.15, 0.2) is 46.9 Å². The molecule has 1 N–H and O–H groups in total. The molecule has 0 radical (unpaired) electrons. The number of ether oxygens (including phenoxy) is 3. The van der Waals surface area contributed by atoms with Crippen molar-refractivity contribution in [3.05, 3.63) is 52.5 Å². The zero-order valence-corrected chi connectivity index (χ0v) is 13.3. The molecule has 0 fully saturated rings. The molecule has 0 aliphatic carbocycles. The average Bonchev–Trinajstić information content (AvgIpc) is 2.53. The predicted molar refractivity (Wildman–Crippen MR) is 84.0 cm³/mol. The van der Waals surface area contributed by atoms with Crippen molar-refractivity contribution in [1.29, 1.82) is 0 Å². The number of benzene rings is 2. The number of hydrogen-bond acceptors (Lipinski definition) is 4. The molecule has 2 aromatic carbocycles. The molecular weight excluding hydrogens is 336 g/mol. The van der Waals surface area contributed by atoms with Crippen molar-refractivity contribution in [1.82, 2.24) is 0 Å². The van der Waals surface area contributed by atoms with Gasteiger partial charge in [0.05, 0.1) is 13.7 Å². The van der Waals surface area contributed by atoms with Crippen molar-refractivity contribution in [2.45, 2.75) is 6.61 Å². The number of rotatable bonds is 7. The van der Waals surface area contributed by atoms with Crippen molar-refractivity contribution in [2.24, 2.45) is 0 Å². The van der Waals surface area contributed by atoms with Crippen molar-refractivity contribution in [2.75, 3.05) is 20.3 Å². The third kappa shape index (κ3) is 4.65. The molecule has 0 aromatic heterocycles. The Balaban J connectivity index is 1.86. The van der Waals surface area contributed by atoms with Crippen LogP contribution in [-0.2, 0) is 6.61 Å². The molecule has 0 saturated carbocycles. The lowest BCUT2D eigenvalue weighted by molar-refractivity contribution is 0.210. The van der Waals surface area contributed by atoms with Gasteiger partial charge in [-0.15, -0.1) is 0 Å². The van der Waals surface area contributed by atoms with Crippen molar-refractivity contribution < 1.29 is 19.3 Å². The lowest BCUT2D eigenvalue weighted by atomic mass is 10.2. The Morgan fingerprint density at radius 2 is 1.67 bits per heavy atom. The SMILES string of the molecule is COc1ccc(CO)cc1OCCOc1ccc(Br)cc1. The van der Waals surface area contributed by atoms with E-state index in [2.05, 4.69) is 15.9 Å². The third-order valence-corrected chi connectivity index (χ3v) is 3.36. The van der Waals surface area contributed by atoms with Gasteiger partial charge in [0.1, 0.15) is 19.0 Å². The molecule has 5 heteroatoms. The molecule has 0 heterocycles. The minimum atomic E-state index is -0.0320. The van der Waals surface area contributed by atoms with Crippen molar-refractivity contribution >= 4 is 15.9 Å². The highest BCUT2D eigenvalue weighted by Gasteiger charge is 2.05. The zero-order valence-electron chi connectivity index (χ0n) is 11.7. The Kier molecular flexibility index (Phi) is 5.90. The quantitative estimate of drug-likeness (QED) is 0.775. The molecule has 0 spiro atoms. The number of halogens is 1. The fourth-order valence-corrected chi connectivity index (χ4v) is 2.04. The van der Waals surface area contributed by atoms with Gasteiger partial charge in [-0.25, -0.2) is 0 Å². The molecule has 0 unspecified atom stereocenters. The smallest absolute Gasteiger partial charge is 0.161 e. The van der Waals surface area contributed by atoms with E-state index >= 15 is 0 Å². The van der Waals surface area contributed by atoms with E-state index in [1.54, 1.807) is 25.3 Å². The number of hydrogen-bond donors (Lipinski definition) is 1. The van der Waals surface area contributed by atoms with Crippen LogP contribution in [0.3, 0.4) is 0 Å². The lowest BCUT2D eigenvalue weighted by Gasteiger charge is -2.12. The largest absolute Gasteiger partial charge is 0.493 e. The molecule has 0 amide bonds. The second-order valence-corrected chi connectivity index (χ2v) is 5.21. The fourth-order valence-electron chi connectivity index (χ4n) is 1.77. The van der Waals surface area contributed by atoms with Crippen LogP contribution in [-0.4, -0.2) is 25.4 Å². The Morgan fingerprint density at radius 3 is 2.33 bits per heavy atom. The number of aliphatic hydroxyl groups is 1. The predicted octanol–water partition coefficient (Wildman–Crippen LogP) is 3.41. The van der Waals surface area contributed by atoms with Crippen LogP contribution < -0.4 is 14.2 Å². The van der Waals surface area contributed by atoms with E-state index in [-0.39, 0.29) is 6.61 Å². The lowest BCUT2D eigenvalue weighted by Crippen LogP contribution is -2.09. The van der Waals surface area contributed by atoms with Gasteiger partial charge in [-0.05, 0) is 42.0 Å². The Bertz CT molecular complexity index is 569. The first-order chi connectivity index (χ1) is 10.2. The monoisotopic (exact) mass is 352 g/mol. The standard InChI is InChI=1S/C16H17BrO4/c1-19-15-7-2-12(11-18)10-16(15)21-9-8-20-14-5-3-13(17)4-6-14/h2-7,10,18H,8-9,11H2,1H3. The summed E-state index contributed by atoms with van der Waals surface area (Å²) in [5.74, 6) is 2.03. The van der Waals surface area contributed by atoms with E-state index in [1.807, 2.05) is 24.3 Å². The highest BCUT2D eigenvalue weighted by atomic mass is 79.9. The number of methoxy groups -OCH3 is 1. The summed E-state index contributed by atoms with van der Waals surface area (Å²) in [6.45, 7) is 0.783. The molecule has 0 atom stereocenters. The summed E-state index contributed by atoms with van der Waals surface area (Å²) in [6, 6.07) is 12.9. The molecule has 0 bridgehead atoms. The normalized spacial score (nSPS) is 10.2. The summed E-state index contributed by atoms with van der Waals surface area (Å²) >= 11 is 3.37. The molecule has 2 aromatic rings. The van der Waals surface area contributed by atoms with Gasteiger partial charge in [-0.3, -0.25) is 0 Å². The van der Waals surface area contributed by atoms with Crippen molar-refractivity contribution in [3.8, 4) is 17.2 Å². The van der Waals surface area contributed by atoms with Gasteiger partial charge in [-0.2, -0.15) is 0 Å². The van der Waals surface area contributed by atoms with E-state index in [4.69, 9.17) is 19.3 Å². The maximum atomic E-state index is 9.14. The average molecular weight is 353 g/mol. The molecule has 112 valence electrons. The van der Waals surface area contributed by atoms with E-state index in [0.29, 0.717) is 24.7 Å². The summed E-state index contributed by atoms with van der Waals surface area (Å²) in [4.78, 5) is 0. The first kappa shape index (κ1) is 15.7. The highest BCUT2D eigenvalue weighted by Crippen LogP contribution is 2.28. The van der Waals surface area contributed by atoms with Crippen LogP contribution in [0.5, 0.6) is 17.2 Å². The van der Waals surface area contributed by atoms with Crippen LogP contribution in [0.1, 0.15) is 5.56 Å². The van der Waals surface area contributed by atoms with Gasteiger partial charge in [0.15, 0.2) is 11.5 Å². The Labute approximate surface area is 132 Å². The summed E-state index contributed by atoms with van der Waals surface area (Å²) in [7, 11) is 1.58. The fraction of sp³-hybridized carbons (Fsp3) is 0.250. The molecule has 4 nitrogen and oxygen atoms in total. The van der Waals surface area contributed by atoms with Crippen LogP contribution in [0, 0.1) is 0 Å². The van der Waals surface area contributed by atoms with Gasteiger partial charge < -0.3 is 19.3 Å². The van der Waals surface area contributed by atoms with Gasteiger partial charge in [0.25, 0.3) is 0 Å². The summed E-state index contributed by atoms with van der Waals surface area (Å²) in [5.41, 5.74) is 0.777. The highest BCUT2D eigenvalue weighted by molar-refractivity contribution is 9.10. The van der Waals surface area contributed by atoms with Gasteiger partial charge in [0, 0.05) is 4.47 Å². The molecule has 0 aliphatic heterocycles. The Morgan fingerprint density at radius 1 is 0.952 bits per heavy atom. The van der Waals surface area contributed by atoms with Crippen LogP contribution >= 0.6 is 15.9 Å². The zero-order chi connectivity index (χ0) is 15.1. The first-order valence-corrected chi connectivity index (χ1v) is 7.31. The maximum absolute atomic E-state index is 9.14. The topological polar surface area (TPSA) is 47.9 Å². The second kappa shape index (κ2) is 7.90. The molecule has 21 heavy (non-hydrogen) atoms. The summed E-state index contributed by atoms with van der Waals surface area (Å²) in [6.07, 6.45) is 0. The van der Waals surface area contributed by atoms with E-state index in [1.165, 1.54) is 0 Å². The minimum Gasteiger partial charge on any atom is -0.493 e. The summed E-state index contributed by atoms with van der Waals surface area (Å²) in [5, 5.41) is 9.14. The van der Waals surface area contributed by atoms with E-state index < -0.39 is 0 Å². The van der Waals surface area contributed by atoms with Crippen LogP contribution in [0.4, 0.5) is 0 Å².